The second-order valence-corrected chi connectivity index (χ2v) is 6.55. The van der Waals surface area contributed by atoms with Crippen LogP contribution in [0.5, 0.6) is 0 Å². The number of fused-ring (bicyclic) bond motifs is 1. The normalized spacial score (nSPS) is 10.9. The van der Waals surface area contributed by atoms with Gasteiger partial charge in [-0.3, -0.25) is 4.79 Å². The van der Waals surface area contributed by atoms with E-state index in [1.807, 2.05) is 18.2 Å². The molecule has 5 heteroatoms. The molecule has 1 heterocycles. The number of H-pyrrole nitrogens is 1. The highest BCUT2D eigenvalue weighted by atomic mass is 79.9. The number of aromatic amines is 1. The van der Waals surface area contributed by atoms with Gasteiger partial charge in [-0.2, -0.15) is 0 Å². The van der Waals surface area contributed by atoms with E-state index in [9.17, 15) is 4.79 Å². The summed E-state index contributed by atoms with van der Waals surface area (Å²) in [6.45, 7) is 0. The average Bonchev–Trinajstić information content (AvgIpc) is 2.83. The van der Waals surface area contributed by atoms with E-state index < -0.39 is 0 Å². The molecule has 0 saturated heterocycles. The average molecular weight is 413 g/mol. The van der Waals surface area contributed by atoms with Crippen LogP contribution in [0.25, 0.3) is 10.9 Å². The zero-order valence-electron chi connectivity index (χ0n) is 10.1. The van der Waals surface area contributed by atoms with Crippen molar-refractivity contribution in [2.75, 3.05) is 0 Å². The van der Waals surface area contributed by atoms with Crippen LogP contribution in [-0.2, 0) is 0 Å². The number of benzene rings is 2. The second-order valence-electron chi connectivity index (χ2n) is 4.35. The predicted octanol–water partition coefficient (Wildman–Crippen LogP) is 5.58. The Hall–Kier alpha value is -1.10. The van der Waals surface area contributed by atoms with Crippen LogP contribution in [0.2, 0.25) is 5.02 Å². The second kappa shape index (κ2) is 5.35. The van der Waals surface area contributed by atoms with Crippen molar-refractivity contribution in [2.45, 2.75) is 0 Å². The molecule has 100 valence electrons. The maximum Gasteiger partial charge on any atom is 0.196 e. The third-order valence-electron chi connectivity index (χ3n) is 3.06. The van der Waals surface area contributed by atoms with Gasteiger partial charge >= 0.3 is 0 Å². The van der Waals surface area contributed by atoms with E-state index in [1.165, 1.54) is 0 Å². The van der Waals surface area contributed by atoms with E-state index in [2.05, 4.69) is 36.8 Å². The number of ketones is 1. The van der Waals surface area contributed by atoms with Gasteiger partial charge in [0.1, 0.15) is 0 Å². The number of halogens is 3. The number of hydrogen-bond donors (Lipinski definition) is 1. The topological polar surface area (TPSA) is 32.9 Å². The van der Waals surface area contributed by atoms with Gasteiger partial charge in [-0.25, -0.2) is 0 Å². The molecular formula is C15H8Br2ClNO. The predicted molar refractivity (Wildman–Crippen MR) is 88.6 cm³/mol. The summed E-state index contributed by atoms with van der Waals surface area (Å²) in [5, 5.41) is 1.43. The van der Waals surface area contributed by atoms with Gasteiger partial charge in [0.15, 0.2) is 5.78 Å². The Morgan fingerprint density at radius 3 is 2.65 bits per heavy atom. The minimum Gasteiger partial charge on any atom is -0.360 e. The molecule has 3 aromatic rings. The number of rotatable bonds is 2. The molecule has 3 rings (SSSR count). The molecule has 1 aromatic heterocycles. The molecule has 0 aliphatic carbocycles. The zero-order chi connectivity index (χ0) is 14.3. The van der Waals surface area contributed by atoms with E-state index in [1.54, 1.807) is 24.4 Å². The molecule has 0 radical (unpaired) electrons. The molecule has 0 aliphatic rings. The minimum absolute atomic E-state index is 0.0621. The van der Waals surface area contributed by atoms with Crippen LogP contribution in [0.3, 0.4) is 0 Å². The zero-order valence-corrected chi connectivity index (χ0v) is 14.0. The van der Waals surface area contributed by atoms with Crippen molar-refractivity contribution in [2.24, 2.45) is 0 Å². The fourth-order valence-corrected chi connectivity index (χ4v) is 3.06. The minimum atomic E-state index is -0.0621. The maximum atomic E-state index is 12.7. The summed E-state index contributed by atoms with van der Waals surface area (Å²) < 4.78 is 1.70. The quantitative estimate of drug-likeness (QED) is 0.547. The van der Waals surface area contributed by atoms with Gasteiger partial charge in [-0.05, 0) is 30.3 Å². The molecule has 0 bridgehead atoms. The third kappa shape index (κ3) is 2.43. The lowest BCUT2D eigenvalue weighted by Crippen LogP contribution is -2.01. The van der Waals surface area contributed by atoms with Crippen molar-refractivity contribution >= 4 is 60.1 Å². The van der Waals surface area contributed by atoms with Gasteiger partial charge < -0.3 is 4.98 Å². The fourth-order valence-electron chi connectivity index (χ4n) is 2.10. The molecule has 0 fully saturated rings. The van der Waals surface area contributed by atoms with Crippen molar-refractivity contribution in [3.63, 3.8) is 0 Å². The van der Waals surface area contributed by atoms with Gasteiger partial charge in [0, 0.05) is 42.2 Å². The Bertz CT molecular complexity index is 826. The number of nitrogens with one attached hydrogen (secondary N) is 1. The van der Waals surface area contributed by atoms with E-state index in [0.29, 0.717) is 16.1 Å². The molecule has 0 unspecified atom stereocenters. The molecule has 2 nitrogen and oxygen atoms in total. The van der Waals surface area contributed by atoms with Crippen LogP contribution in [0, 0.1) is 0 Å². The lowest BCUT2D eigenvalue weighted by Gasteiger charge is -2.03. The Balaban J connectivity index is 2.15. The molecule has 2 aromatic carbocycles. The summed E-state index contributed by atoms with van der Waals surface area (Å²) in [7, 11) is 0. The highest BCUT2D eigenvalue weighted by Gasteiger charge is 2.17. The molecule has 0 spiro atoms. The van der Waals surface area contributed by atoms with E-state index in [0.717, 1.165) is 19.8 Å². The van der Waals surface area contributed by atoms with Crippen LogP contribution in [0.1, 0.15) is 15.9 Å². The third-order valence-corrected chi connectivity index (χ3v) is 4.48. The Kier molecular flexibility index (Phi) is 3.71. The van der Waals surface area contributed by atoms with Gasteiger partial charge in [-0.15, -0.1) is 0 Å². The SMILES string of the molecule is O=C(c1cc(Cl)ccc1Br)c1c[nH]c2cc(Br)ccc12. The molecule has 1 N–H and O–H groups in total. The summed E-state index contributed by atoms with van der Waals surface area (Å²) in [6, 6.07) is 11.0. The van der Waals surface area contributed by atoms with E-state index in [4.69, 9.17) is 11.6 Å². The van der Waals surface area contributed by atoms with Crippen LogP contribution >= 0.6 is 43.5 Å². The first kappa shape index (κ1) is 13.9. The fraction of sp³-hybridized carbons (Fsp3) is 0. The molecule has 0 amide bonds. The van der Waals surface area contributed by atoms with Crippen LogP contribution < -0.4 is 0 Å². The van der Waals surface area contributed by atoms with Crippen molar-refractivity contribution in [1.82, 2.24) is 4.98 Å². The number of carbonyl (C=O) groups is 1. The van der Waals surface area contributed by atoms with E-state index >= 15 is 0 Å². The first-order valence-corrected chi connectivity index (χ1v) is 7.79. The first-order valence-electron chi connectivity index (χ1n) is 5.82. The molecule has 20 heavy (non-hydrogen) atoms. The van der Waals surface area contributed by atoms with Gasteiger partial charge in [0.2, 0.25) is 0 Å². The van der Waals surface area contributed by atoms with Crippen molar-refractivity contribution in [1.29, 1.82) is 0 Å². The molecule has 0 atom stereocenters. The lowest BCUT2D eigenvalue weighted by atomic mass is 10.0. The Morgan fingerprint density at radius 2 is 1.85 bits per heavy atom. The molecule has 0 saturated carbocycles. The van der Waals surface area contributed by atoms with E-state index in [-0.39, 0.29) is 5.78 Å². The van der Waals surface area contributed by atoms with Gasteiger partial charge in [0.05, 0.1) is 0 Å². The smallest absolute Gasteiger partial charge is 0.196 e. The van der Waals surface area contributed by atoms with Crippen molar-refractivity contribution in [3.05, 3.63) is 67.7 Å². The summed E-state index contributed by atoms with van der Waals surface area (Å²) in [5.74, 6) is -0.0621. The summed E-state index contributed by atoms with van der Waals surface area (Å²) in [4.78, 5) is 15.8. The summed E-state index contributed by atoms with van der Waals surface area (Å²) in [5.41, 5.74) is 2.11. The highest BCUT2D eigenvalue weighted by molar-refractivity contribution is 9.10. The van der Waals surface area contributed by atoms with Gasteiger partial charge in [0.25, 0.3) is 0 Å². The first-order chi connectivity index (χ1) is 9.56. The number of carbonyl (C=O) groups excluding carboxylic acids is 1. The molecule has 0 aliphatic heterocycles. The highest BCUT2D eigenvalue weighted by Crippen LogP contribution is 2.28. The monoisotopic (exact) mass is 411 g/mol. The van der Waals surface area contributed by atoms with Crippen LogP contribution in [0.15, 0.2) is 51.5 Å². The Labute approximate surface area is 137 Å². The maximum absolute atomic E-state index is 12.7. The lowest BCUT2D eigenvalue weighted by molar-refractivity contribution is 0.103. The largest absolute Gasteiger partial charge is 0.360 e. The van der Waals surface area contributed by atoms with Crippen LogP contribution in [-0.4, -0.2) is 10.8 Å². The van der Waals surface area contributed by atoms with Gasteiger partial charge in [-0.1, -0.05) is 49.5 Å². The standard InChI is InChI=1S/C15H8Br2ClNO/c16-8-1-3-10-12(7-19-14(10)5-8)15(20)11-6-9(18)2-4-13(11)17/h1-7,19H. The van der Waals surface area contributed by atoms with Crippen molar-refractivity contribution in [3.8, 4) is 0 Å². The van der Waals surface area contributed by atoms with Crippen LogP contribution in [0.4, 0.5) is 0 Å². The summed E-state index contributed by atoms with van der Waals surface area (Å²) >= 11 is 12.8. The Morgan fingerprint density at radius 1 is 1.05 bits per heavy atom. The number of aromatic nitrogens is 1. The summed E-state index contributed by atoms with van der Waals surface area (Å²) in [6.07, 6.45) is 1.73. The number of hydrogen-bond acceptors (Lipinski definition) is 1. The van der Waals surface area contributed by atoms with Crippen molar-refractivity contribution < 1.29 is 4.79 Å². The molecular weight excluding hydrogens is 405 g/mol.